The molecule has 7 heteroatoms. The summed E-state index contributed by atoms with van der Waals surface area (Å²) in [5.74, 6) is -0.379. The van der Waals surface area contributed by atoms with Gasteiger partial charge in [-0.15, -0.1) is 0 Å². The molecule has 1 amide bonds. The van der Waals surface area contributed by atoms with E-state index in [2.05, 4.69) is 27.9 Å². The van der Waals surface area contributed by atoms with Crippen LogP contribution in [0, 0.1) is 3.57 Å². The normalized spacial score (nSPS) is 14.7. The average molecular weight is 464 g/mol. The Morgan fingerprint density at radius 1 is 1.04 bits per heavy atom. The van der Waals surface area contributed by atoms with Gasteiger partial charge in [0.05, 0.1) is 10.6 Å². The van der Waals surface area contributed by atoms with E-state index in [1.54, 1.807) is 30.3 Å². The molecule has 0 aromatic heterocycles. The summed E-state index contributed by atoms with van der Waals surface area (Å²) >= 11 is 2.15. The van der Waals surface area contributed by atoms with Crippen LogP contribution in [0.25, 0.3) is 10.8 Å². The number of carbonyl (C=O) groups excluding carboxylic acids is 1. The van der Waals surface area contributed by atoms with Gasteiger partial charge in [0.1, 0.15) is 6.54 Å². The SMILES string of the molecule is O=C(CN1c2cccc3cccc(c23)S1(=O)=O)Nc1cccc(I)c1. The highest BCUT2D eigenvalue weighted by Gasteiger charge is 2.36. The van der Waals surface area contributed by atoms with Crippen LogP contribution in [0.2, 0.25) is 0 Å². The van der Waals surface area contributed by atoms with Crippen LogP contribution >= 0.6 is 22.6 Å². The van der Waals surface area contributed by atoms with Gasteiger partial charge in [-0.25, -0.2) is 8.42 Å². The summed E-state index contributed by atoms with van der Waals surface area (Å²) < 4.78 is 27.9. The predicted molar refractivity (Wildman–Crippen MR) is 106 cm³/mol. The van der Waals surface area contributed by atoms with Crippen molar-refractivity contribution in [3.05, 3.63) is 64.2 Å². The highest BCUT2D eigenvalue weighted by molar-refractivity contribution is 14.1. The van der Waals surface area contributed by atoms with Crippen molar-refractivity contribution >= 4 is 60.7 Å². The lowest BCUT2D eigenvalue weighted by molar-refractivity contribution is -0.114. The van der Waals surface area contributed by atoms with Crippen molar-refractivity contribution in [2.45, 2.75) is 4.90 Å². The van der Waals surface area contributed by atoms with Gasteiger partial charge in [-0.1, -0.05) is 30.3 Å². The molecule has 3 aromatic rings. The van der Waals surface area contributed by atoms with Crippen molar-refractivity contribution in [3.63, 3.8) is 0 Å². The molecule has 0 fully saturated rings. The molecule has 0 spiro atoms. The van der Waals surface area contributed by atoms with Gasteiger partial charge in [0.2, 0.25) is 5.91 Å². The van der Waals surface area contributed by atoms with Crippen LogP contribution in [0.4, 0.5) is 11.4 Å². The first-order valence-corrected chi connectivity index (χ1v) is 10.1. The molecule has 1 aliphatic heterocycles. The number of benzene rings is 3. The van der Waals surface area contributed by atoms with Crippen LogP contribution in [0.15, 0.2) is 65.6 Å². The van der Waals surface area contributed by atoms with E-state index < -0.39 is 10.0 Å². The highest BCUT2D eigenvalue weighted by atomic mass is 127. The Bertz CT molecular complexity index is 1110. The monoisotopic (exact) mass is 464 g/mol. The molecule has 1 aliphatic rings. The number of nitrogens with one attached hydrogen (secondary N) is 1. The minimum Gasteiger partial charge on any atom is -0.324 e. The third kappa shape index (κ3) is 2.77. The maximum absolute atomic E-state index is 12.9. The third-order valence-corrected chi connectivity index (χ3v) is 6.55. The van der Waals surface area contributed by atoms with E-state index in [1.165, 1.54) is 4.31 Å². The fraction of sp³-hybridized carbons (Fsp3) is 0.0556. The number of anilines is 2. The molecule has 4 rings (SSSR count). The van der Waals surface area contributed by atoms with Gasteiger partial charge in [0.25, 0.3) is 10.0 Å². The maximum atomic E-state index is 12.9. The van der Waals surface area contributed by atoms with Crippen molar-refractivity contribution in [2.75, 3.05) is 16.2 Å². The Morgan fingerprint density at radius 2 is 1.76 bits per heavy atom. The number of amides is 1. The van der Waals surface area contributed by atoms with Crippen molar-refractivity contribution < 1.29 is 13.2 Å². The topological polar surface area (TPSA) is 66.5 Å². The maximum Gasteiger partial charge on any atom is 0.265 e. The minimum absolute atomic E-state index is 0.252. The number of nitrogens with zero attached hydrogens (tertiary/aromatic N) is 1. The molecular weight excluding hydrogens is 451 g/mol. The first kappa shape index (κ1) is 16.3. The number of carbonyl (C=O) groups is 1. The molecule has 0 saturated carbocycles. The first-order valence-electron chi connectivity index (χ1n) is 7.57. The zero-order valence-electron chi connectivity index (χ0n) is 12.9. The lowest BCUT2D eigenvalue weighted by Crippen LogP contribution is -2.35. The average Bonchev–Trinajstić information content (AvgIpc) is 2.78. The van der Waals surface area contributed by atoms with E-state index in [4.69, 9.17) is 0 Å². The van der Waals surface area contributed by atoms with Crippen LogP contribution in [-0.2, 0) is 14.8 Å². The number of hydrogen-bond donors (Lipinski definition) is 1. The second-order valence-electron chi connectivity index (χ2n) is 5.70. The molecule has 3 aromatic carbocycles. The molecular formula is C18H13IN2O3S. The smallest absolute Gasteiger partial charge is 0.265 e. The Labute approximate surface area is 158 Å². The van der Waals surface area contributed by atoms with Gasteiger partial charge < -0.3 is 5.32 Å². The van der Waals surface area contributed by atoms with Gasteiger partial charge in [-0.2, -0.15) is 0 Å². The number of rotatable bonds is 3. The molecule has 0 saturated heterocycles. The Morgan fingerprint density at radius 3 is 2.52 bits per heavy atom. The summed E-state index contributed by atoms with van der Waals surface area (Å²) in [7, 11) is -3.72. The van der Waals surface area contributed by atoms with Gasteiger partial charge in [-0.05, 0) is 58.3 Å². The summed E-state index contributed by atoms with van der Waals surface area (Å²) in [6.07, 6.45) is 0. The van der Waals surface area contributed by atoms with Crippen LogP contribution < -0.4 is 9.62 Å². The van der Waals surface area contributed by atoms with Crippen molar-refractivity contribution in [3.8, 4) is 0 Å². The number of hydrogen-bond acceptors (Lipinski definition) is 3. The molecule has 5 nitrogen and oxygen atoms in total. The summed E-state index contributed by atoms with van der Waals surface area (Å²) in [5.41, 5.74) is 1.19. The van der Waals surface area contributed by atoms with E-state index in [0.29, 0.717) is 16.8 Å². The zero-order valence-corrected chi connectivity index (χ0v) is 15.9. The first-order chi connectivity index (χ1) is 12.0. The Kier molecular flexibility index (Phi) is 3.92. The van der Waals surface area contributed by atoms with Gasteiger partial charge in [0, 0.05) is 14.6 Å². The highest BCUT2D eigenvalue weighted by Crippen LogP contribution is 2.41. The summed E-state index contributed by atoms with van der Waals surface area (Å²) in [5, 5.41) is 4.28. The standard InChI is InChI=1S/C18H13IN2O3S/c19-13-6-3-7-14(10-13)20-17(22)11-21-15-8-1-4-12-5-2-9-16(18(12)15)25(21,23)24/h1-10H,11H2,(H,20,22). The van der Waals surface area contributed by atoms with E-state index in [1.807, 2.05) is 30.3 Å². The quantitative estimate of drug-likeness (QED) is 0.603. The van der Waals surface area contributed by atoms with Gasteiger partial charge >= 0.3 is 0 Å². The Balaban J connectivity index is 1.68. The second kappa shape index (κ2) is 5.99. The lowest BCUT2D eigenvalue weighted by Gasteiger charge is -2.18. The molecule has 126 valence electrons. The van der Waals surface area contributed by atoms with Gasteiger partial charge in [0.15, 0.2) is 0 Å². The van der Waals surface area contributed by atoms with Gasteiger partial charge in [-0.3, -0.25) is 9.10 Å². The molecule has 0 aliphatic carbocycles. The zero-order chi connectivity index (χ0) is 17.6. The van der Waals surface area contributed by atoms with E-state index in [9.17, 15) is 13.2 Å². The largest absolute Gasteiger partial charge is 0.324 e. The molecule has 0 unspecified atom stereocenters. The third-order valence-electron chi connectivity index (χ3n) is 4.08. The second-order valence-corrected chi connectivity index (χ2v) is 8.78. The summed E-state index contributed by atoms with van der Waals surface area (Å²) in [6, 6.07) is 17.9. The number of halogens is 1. The predicted octanol–water partition coefficient (Wildman–Crippen LogP) is 3.59. The summed E-state index contributed by atoms with van der Waals surface area (Å²) in [6.45, 7) is -0.262. The van der Waals surface area contributed by atoms with Crippen molar-refractivity contribution in [1.29, 1.82) is 0 Å². The lowest BCUT2D eigenvalue weighted by atomic mass is 10.1. The van der Waals surface area contributed by atoms with Crippen LogP contribution in [0.3, 0.4) is 0 Å². The van der Waals surface area contributed by atoms with Crippen molar-refractivity contribution in [1.82, 2.24) is 0 Å². The fourth-order valence-electron chi connectivity index (χ4n) is 3.03. The minimum atomic E-state index is -3.72. The summed E-state index contributed by atoms with van der Waals surface area (Å²) in [4.78, 5) is 12.7. The van der Waals surface area contributed by atoms with E-state index in [-0.39, 0.29) is 17.3 Å². The molecule has 0 atom stereocenters. The van der Waals surface area contributed by atoms with E-state index in [0.717, 1.165) is 8.96 Å². The van der Waals surface area contributed by atoms with Crippen LogP contribution in [0.1, 0.15) is 0 Å². The van der Waals surface area contributed by atoms with Crippen LogP contribution in [0.5, 0.6) is 0 Å². The van der Waals surface area contributed by atoms with Crippen LogP contribution in [-0.4, -0.2) is 20.9 Å². The van der Waals surface area contributed by atoms with E-state index >= 15 is 0 Å². The molecule has 1 heterocycles. The Hall–Kier alpha value is -2.13. The molecule has 0 radical (unpaired) electrons. The molecule has 1 N–H and O–H groups in total. The number of sulfonamides is 1. The molecule has 0 bridgehead atoms. The molecule has 25 heavy (non-hydrogen) atoms. The van der Waals surface area contributed by atoms with Crippen molar-refractivity contribution in [2.24, 2.45) is 0 Å². The fourth-order valence-corrected chi connectivity index (χ4v) is 5.24.